The Balaban J connectivity index is 1.74. The molecule has 12 heteroatoms. The second-order valence-corrected chi connectivity index (χ2v) is 7.55. The Morgan fingerprint density at radius 3 is 2.88 bits per heavy atom. The predicted molar refractivity (Wildman–Crippen MR) is 88.8 cm³/mol. The summed E-state index contributed by atoms with van der Waals surface area (Å²) in [5, 5.41) is 28.7. The Kier molecular flexibility index (Phi) is 5.01. The van der Waals surface area contributed by atoms with Crippen LogP contribution in [-0.2, 0) is 20.8 Å². The molecule has 134 valence electrons. The molecule has 1 aromatic heterocycles. The molecule has 10 nitrogen and oxygen atoms in total. The van der Waals surface area contributed by atoms with Crippen molar-refractivity contribution in [3.63, 3.8) is 0 Å². The highest BCUT2D eigenvalue weighted by Gasteiger charge is 2.51. The Hall–Kier alpha value is -2.05. The van der Waals surface area contributed by atoms with Gasteiger partial charge in [-0.25, -0.2) is 4.79 Å². The zero-order valence-electron chi connectivity index (χ0n) is 12.8. The van der Waals surface area contributed by atoms with Crippen molar-refractivity contribution in [2.75, 3.05) is 11.5 Å². The van der Waals surface area contributed by atoms with Crippen LogP contribution in [0.3, 0.4) is 0 Å². The van der Waals surface area contributed by atoms with Gasteiger partial charge in [-0.1, -0.05) is 5.21 Å². The minimum absolute atomic E-state index is 0.0116. The fraction of sp³-hybridized carbons (Fsp3) is 0.462. The smallest absolute Gasteiger partial charge is 0.352 e. The summed E-state index contributed by atoms with van der Waals surface area (Å²) in [4.78, 5) is 35.4. The normalized spacial score (nSPS) is 22.6. The minimum atomic E-state index is -1.16. The van der Waals surface area contributed by atoms with E-state index in [1.165, 1.54) is 28.4 Å². The lowest BCUT2D eigenvalue weighted by Gasteiger charge is -2.48. The van der Waals surface area contributed by atoms with Crippen LogP contribution in [0.2, 0.25) is 0 Å². The standard InChI is InChI=1S/C13H15N5O5S2/c14-8-11(21)18-9(13(22)23)5(4-25-12(8)18)3-24-10-6(15-17-16-10)1-2-7(19)20/h8,12H,1-4,14H2,(H,19,20)(H,22,23)(H,15,16,17)/t8?,12-/m0/s1. The number of aryl methyl sites for hydroxylation is 1. The van der Waals surface area contributed by atoms with E-state index in [1.807, 2.05) is 0 Å². The number of carboxylic acids is 2. The van der Waals surface area contributed by atoms with Crippen LogP contribution in [-0.4, -0.2) is 71.3 Å². The molecule has 0 spiro atoms. The van der Waals surface area contributed by atoms with Crippen molar-refractivity contribution in [2.45, 2.75) is 29.3 Å². The first-order valence-electron chi connectivity index (χ1n) is 7.30. The number of aliphatic carboxylic acids is 2. The number of β-lactam (4-membered cyclic amide) rings is 1. The molecule has 2 aliphatic heterocycles. The van der Waals surface area contributed by atoms with Crippen LogP contribution in [0.25, 0.3) is 0 Å². The SMILES string of the molecule is NC1C(=O)N2C(C(=O)O)=C(CSc3[nH]nnc3CCC(=O)O)CS[C@@H]12. The Labute approximate surface area is 150 Å². The number of carbonyl (C=O) groups excluding carboxylic acids is 1. The molecular weight excluding hydrogens is 370 g/mol. The van der Waals surface area contributed by atoms with Gasteiger partial charge in [-0.3, -0.25) is 19.6 Å². The van der Waals surface area contributed by atoms with Crippen molar-refractivity contribution in [1.82, 2.24) is 20.3 Å². The van der Waals surface area contributed by atoms with Gasteiger partial charge in [0.1, 0.15) is 22.1 Å². The van der Waals surface area contributed by atoms with Crippen LogP contribution in [0.5, 0.6) is 0 Å². The number of thioether (sulfide) groups is 2. The number of H-pyrrole nitrogens is 1. The van der Waals surface area contributed by atoms with E-state index in [2.05, 4.69) is 15.4 Å². The van der Waals surface area contributed by atoms with Crippen LogP contribution in [0.4, 0.5) is 0 Å². The second kappa shape index (κ2) is 7.06. The summed E-state index contributed by atoms with van der Waals surface area (Å²) in [6.45, 7) is 0. The van der Waals surface area contributed by atoms with Gasteiger partial charge >= 0.3 is 11.9 Å². The van der Waals surface area contributed by atoms with Crippen LogP contribution in [0.15, 0.2) is 16.3 Å². The topological polar surface area (TPSA) is 162 Å². The lowest BCUT2D eigenvalue weighted by molar-refractivity contribution is -0.147. The fourth-order valence-corrected chi connectivity index (χ4v) is 4.99. The first kappa shape index (κ1) is 17.8. The lowest BCUT2D eigenvalue weighted by atomic mass is 10.0. The first-order chi connectivity index (χ1) is 11.9. The van der Waals surface area contributed by atoms with Crippen LogP contribution in [0.1, 0.15) is 12.1 Å². The number of nitrogens with zero attached hydrogens (tertiary/aromatic N) is 3. The highest BCUT2D eigenvalue weighted by Crippen LogP contribution is 2.40. The lowest BCUT2D eigenvalue weighted by Crippen LogP contribution is -2.68. The Morgan fingerprint density at radius 1 is 1.44 bits per heavy atom. The Bertz CT molecular complexity index is 764. The quantitative estimate of drug-likeness (QED) is 0.355. The highest BCUT2D eigenvalue weighted by atomic mass is 32.2. The fourth-order valence-electron chi connectivity index (χ4n) is 2.60. The van der Waals surface area contributed by atoms with Gasteiger partial charge in [0.05, 0.1) is 12.1 Å². The van der Waals surface area contributed by atoms with Crippen molar-refractivity contribution in [3.05, 3.63) is 17.0 Å². The number of amides is 1. The maximum Gasteiger partial charge on any atom is 0.352 e. The van der Waals surface area contributed by atoms with Crippen molar-refractivity contribution in [2.24, 2.45) is 5.73 Å². The molecule has 0 bridgehead atoms. The molecule has 0 aliphatic carbocycles. The molecule has 3 rings (SSSR count). The molecule has 0 saturated carbocycles. The summed E-state index contributed by atoms with van der Waals surface area (Å²) in [7, 11) is 0. The number of hydrogen-bond acceptors (Lipinski definition) is 8. The van der Waals surface area contributed by atoms with Crippen LogP contribution in [0, 0.1) is 0 Å². The molecule has 2 atom stereocenters. The zero-order chi connectivity index (χ0) is 18.1. The number of rotatable bonds is 7. The summed E-state index contributed by atoms with van der Waals surface area (Å²) in [6.07, 6.45) is 0.163. The number of aromatic nitrogens is 3. The van der Waals surface area contributed by atoms with Gasteiger partial charge in [0.2, 0.25) is 5.91 Å². The third kappa shape index (κ3) is 3.37. The van der Waals surface area contributed by atoms with E-state index in [0.29, 0.717) is 27.8 Å². The van der Waals surface area contributed by atoms with E-state index in [0.717, 1.165) is 0 Å². The third-order valence-corrected chi connectivity index (χ3v) is 6.31. The van der Waals surface area contributed by atoms with Gasteiger partial charge in [-0.2, -0.15) is 0 Å². The average molecular weight is 385 g/mol. The summed E-state index contributed by atoms with van der Waals surface area (Å²) < 4.78 is 0. The average Bonchev–Trinajstić information content (AvgIpc) is 3.03. The molecule has 1 saturated heterocycles. The minimum Gasteiger partial charge on any atom is -0.481 e. The number of aromatic amines is 1. The number of nitrogens with one attached hydrogen (secondary N) is 1. The third-order valence-electron chi connectivity index (χ3n) is 3.84. The molecule has 1 fully saturated rings. The van der Waals surface area contributed by atoms with E-state index in [9.17, 15) is 19.5 Å². The highest BCUT2D eigenvalue weighted by molar-refractivity contribution is 8.01. The zero-order valence-corrected chi connectivity index (χ0v) is 14.5. The summed E-state index contributed by atoms with van der Waals surface area (Å²) in [5.74, 6) is -1.69. The predicted octanol–water partition coefficient (Wildman–Crippen LogP) is -0.505. The van der Waals surface area contributed by atoms with E-state index in [-0.39, 0.29) is 29.8 Å². The van der Waals surface area contributed by atoms with Gasteiger partial charge in [-0.15, -0.1) is 28.6 Å². The van der Waals surface area contributed by atoms with Gasteiger partial charge in [0.25, 0.3) is 0 Å². The molecule has 1 aromatic rings. The van der Waals surface area contributed by atoms with E-state index >= 15 is 0 Å². The number of carbonyl (C=O) groups is 3. The monoisotopic (exact) mass is 385 g/mol. The van der Waals surface area contributed by atoms with Gasteiger partial charge < -0.3 is 15.9 Å². The molecule has 3 heterocycles. The molecule has 1 amide bonds. The van der Waals surface area contributed by atoms with Gasteiger partial charge in [0, 0.05) is 17.9 Å². The van der Waals surface area contributed by atoms with Gasteiger partial charge in [-0.05, 0) is 5.57 Å². The maximum absolute atomic E-state index is 11.9. The molecule has 0 aromatic carbocycles. The van der Waals surface area contributed by atoms with Crippen molar-refractivity contribution >= 4 is 41.4 Å². The van der Waals surface area contributed by atoms with Crippen molar-refractivity contribution in [1.29, 1.82) is 0 Å². The number of carboxylic acid groups (broad SMARTS) is 2. The van der Waals surface area contributed by atoms with Crippen molar-refractivity contribution in [3.8, 4) is 0 Å². The number of hydrogen-bond donors (Lipinski definition) is 4. The van der Waals surface area contributed by atoms with Gasteiger partial charge in [0.15, 0.2) is 0 Å². The summed E-state index contributed by atoms with van der Waals surface area (Å²) in [6, 6.07) is -0.659. The number of fused-ring (bicyclic) bond motifs is 1. The summed E-state index contributed by atoms with van der Waals surface area (Å²) >= 11 is 2.72. The maximum atomic E-state index is 11.9. The molecule has 1 unspecified atom stereocenters. The molecular formula is C13H15N5O5S2. The van der Waals surface area contributed by atoms with Crippen LogP contribution < -0.4 is 5.73 Å². The Morgan fingerprint density at radius 2 is 2.20 bits per heavy atom. The van der Waals surface area contributed by atoms with Crippen LogP contribution >= 0.6 is 23.5 Å². The molecule has 2 aliphatic rings. The summed E-state index contributed by atoms with van der Waals surface area (Å²) in [5.41, 5.74) is 6.83. The first-order valence-corrected chi connectivity index (χ1v) is 9.33. The van der Waals surface area contributed by atoms with E-state index in [4.69, 9.17) is 10.8 Å². The second-order valence-electron chi connectivity index (χ2n) is 5.46. The van der Waals surface area contributed by atoms with E-state index in [1.54, 1.807) is 0 Å². The number of nitrogens with two attached hydrogens (primary N) is 1. The molecule has 5 N–H and O–H groups in total. The van der Waals surface area contributed by atoms with Crippen molar-refractivity contribution < 1.29 is 24.6 Å². The van der Waals surface area contributed by atoms with E-state index < -0.39 is 18.0 Å². The molecule has 25 heavy (non-hydrogen) atoms. The molecule has 0 radical (unpaired) electrons. The largest absolute Gasteiger partial charge is 0.481 e.